The van der Waals surface area contributed by atoms with Crippen molar-refractivity contribution < 1.29 is 37.6 Å². The summed E-state index contributed by atoms with van der Waals surface area (Å²) >= 11 is 0. The van der Waals surface area contributed by atoms with E-state index in [1.807, 2.05) is 0 Å². The molecule has 2 atom stereocenters. The van der Waals surface area contributed by atoms with E-state index < -0.39 is 26.5 Å². The molecule has 0 aliphatic heterocycles. The molecule has 0 amide bonds. The first kappa shape index (κ1) is 88.9. The highest BCUT2D eigenvalue weighted by Crippen LogP contribution is 2.43. The van der Waals surface area contributed by atoms with Gasteiger partial charge in [-0.1, -0.05) is 352 Å². The summed E-state index contributed by atoms with van der Waals surface area (Å²) in [5, 5.41) is 0. The smallest absolute Gasteiger partial charge is 0.462 e. The molecule has 0 aromatic heterocycles. The molecule has 0 radical (unpaired) electrons. The largest absolute Gasteiger partial charge is 0.472 e. The van der Waals surface area contributed by atoms with Gasteiger partial charge in [-0.3, -0.25) is 18.6 Å². The lowest BCUT2D eigenvalue weighted by molar-refractivity contribution is -0.161. The van der Waals surface area contributed by atoms with Crippen LogP contribution in [0.25, 0.3) is 0 Å². The van der Waals surface area contributed by atoms with Gasteiger partial charge in [-0.25, -0.2) is 4.57 Å². The normalized spacial score (nSPS) is 13.7. The Morgan fingerprint density at radius 3 is 0.828 bits per heavy atom. The molecular weight excluding hydrogens is 1170 g/mol. The number of carbonyl (C=O) groups is 2. The molecule has 2 unspecified atom stereocenters. The third kappa shape index (κ3) is 76.8. The van der Waals surface area contributed by atoms with Crippen molar-refractivity contribution in [2.24, 2.45) is 5.73 Å². The van der Waals surface area contributed by atoms with Crippen LogP contribution in [0.1, 0.15) is 335 Å². The molecule has 532 valence electrons. The van der Waals surface area contributed by atoms with Crippen molar-refractivity contribution in [3.8, 4) is 0 Å². The number of ether oxygens (including phenoxy) is 2. The SMILES string of the molecule is CC/C=C\C/C=C\C/C=C\C/C=C\C/C=C\C/C=C\CCCCCCCCCCCCCCCCCCCCCCC(=O)OC(COC(=O)CCCCCCCCCCCCCCCC/C=C\C/C=C\C/C=C\C/C=C\C/C=C\C/C=C\CC)COP(=O)(O)OCCN. The fourth-order valence-corrected chi connectivity index (χ4v) is 11.4. The first-order valence-corrected chi connectivity index (χ1v) is 39.8. The fourth-order valence-electron chi connectivity index (χ4n) is 10.6. The summed E-state index contributed by atoms with van der Waals surface area (Å²) in [5.74, 6) is -0.821. The van der Waals surface area contributed by atoms with Gasteiger partial charge in [0.15, 0.2) is 6.10 Å². The summed E-state index contributed by atoms with van der Waals surface area (Å²) in [5.41, 5.74) is 5.41. The van der Waals surface area contributed by atoms with Crippen LogP contribution >= 0.6 is 7.82 Å². The Balaban J connectivity index is 3.84. The topological polar surface area (TPSA) is 134 Å². The Hall–Kier alpha value is -4.11. The average Bonchev–Trinajstić information content (AvgIpc) is 3.60. The molecular formula is C83H142NO8P. The van der Waals surface area contributed by atoms with Crippen molar-refractivity contribution in [2.45, 2.75) is 341 Å². The van der Waals surface area contributed by atoms with E-state index in [1.165, 1.54) is 186 Å². The molecule has 93 heavy (non-hydrogen) atoms. The summed E-state index contributed by atoms with van der Waals surface area (Å²) in [6, 6.07) is 0. The van der Waals surface area contributed by atoms with E-state index in [4.69, 9.17) is 24.3 Å². The highest BCUT2D eigenvalue weighted by Gasteiger charge is 2.26. The lowest BCUT2D eigenvalue weighted by Crippen LogP contribution is -2.29. The van der Waals surface area contributed by atoms with E-state index in [2.05, 4.69) is 160 Å². The van der Waals surface area contributed by atoms with Gasteiger partial charge in [0, 0.05) is 19.4 Å². The Morgan fingerprint density at radius 2 is 0.559 bits per heavy atom. The van der Waals surface area contributed by atoms with Crippen LogP contribution in [0, 0.1) is 0 Å². The van der Waals surface area contributed by atoms with Crippen LogP contribution in [-0.2, 0) is 32.7 Å². The van der Waals surface area contributed by atoms with Gasteiger partial charge >= 0.3 is 19.8 Å². The summed E-state index contributed by atoms with van der Waals surface area (Å²) < 4.78 is 33.3. The third-order valence-corrected chi connectivity index (χ3v) is 17.2. The summed E-state index contributed by atoms with van der Waals surface area (Å²) in [4.78, 5) is 35.4. The van der Waals surface area contributed by atoms with Crippen LogP contribution in [0.3, 0.4) is 0 Å². The second-order valence-electron chi connectivity index (χ2n) is 25.1. The Morgan fingerprint density at radius 1 is 0.323 bits per heavy atom. The zero-order valence-corrected chi connectivity index (χ0v) is 60.8. The number of carbonyl (C=O) groups excluding carboxylic acids is 2. The minimum absolute atomic E-state index is 0.0498. The number of phosphoric acid groups is 1. The zero-order valence-electron chi connectivity index (χ0n) is 59.9. The first-order chi connectivity index (χ1) is 45.8. The first-order valence-electron chi connectivity index (χ1n) is 38.3. The summed E-state index contributed by atoms with van der Waals surface area (Å²) in [7, 11) is -4.40. The number of unbranched alkanes of at least 4 members (excludes halogenated alkanes) is 34. The van der Waals surface area contributed by atoms with Crippen LogP contribution in [0.2, 0.25) is 0 Å². The fraction of sp³-hybridized carbons (Fsp3) is 0.687. The molecule has 0 bridgehead atoms. The van der Waals surface area contributed by atoms with Gasteiger partial charge in [0.05, 0.1) is 13.2 Å². The molecule has 0 aromatic rings. The van der Waals surface area contributed by atoms with E-state index in [1.54, 1.807) is 0 Å². The number of hydrogen-bond acceptors (Lipinski definition) is 8. The van der Waals surface area contributed by atoms with E-state index in [9.17, 15) is 19.0 Å². The summed E-state index contributed by atoms with van der Waals surface area (Å²) in [6.45, 7) is 3.54. The molecule has 0 aliphatic carbocycles. The number of hydrogen-bond donors (Lipinski definition) is 2. The van der Waals surface area contributed by atoms with Crippen LogP contribution in [0.4, 0.5) is 0 Å². The molecule has 3 N–H and O–H groups in total. The molecule has 0 spiro atoms. The van der Waals surface area contributed by atoms with E-state index in [0.29, 0.717) is 6.42 Å². The monoisotopic (exact) mass is 1310 g/mol. The molecule has 0 saturated carbocycles. The number of rotatable bonds is 71. The summed E-state index contributed by atoms with van der Waals surface area (Å²) in [6.07, 6.45) is 111. The minimum atomic E-state index is -4.40. The predicted octanol–water partition coefficient (Wildman–Crippen LogP) is 25.8. The molecule has 0 fully saturated rings. The quantitative estimate of drug-likeness (QED) is 0.0264. The number of allylic oxidation sites excluding steroid dienone is 24. The van der Waals surface area contributed by atoms with Gasteiger partial charge in [-0.2, -0.15) is 0 Å². The van der Waals surface area contributed by atoms with Crippen LogP contribution in [-0.4, -0.2) is 49.3 Å². The van der Waals surface area contributed by atoms with E-state index in [0.717, 1.165) is 116 Å². The van der Waals surface area contributed by atoms with Gasteiger partial charge in [0.25, 0.3) is 0 Å². The predicted molar refractivity (Wildman–Crippen MR) is 404 cm³/mol. The Bertz CT molecular complexity index is 2040. The van der Waals surface area contributed by atoms with E-state index in [-0.39, 0.29) is 38.6 Å². The van der Waals surface area contributed by atoms with Crippen molar-refractivity contribution in [3.05, 3.63) is 146 Å². The number of phosphoric ester groups is 1. The molecule has 0 heterocycles. The maximum Gasteiger partial charge on any atom is 0.472 e. The van der Waals surface area contributed by atoms with Crippen LogP contribution in [0.5, 0.6) is 0 Å². The second kappa shape index (κ2) is 76.9. The van der Waals surface area contributed by atoms with Crippen molar-refractivity contribution in [2.75, 3.05) is 26.4 Å². The Labute approximate surface area is 573 Å². The lowest BCUT2D eigenvalue weighted by atomic mass is 10.0. The molecule has 0 rings (SSSR count). The van der Waals surface area contributed by atoms with Crippen LogP contribution in [0.15, 0.2) is 146 Å². The molecule has 10 heteroatoms. The van der Waals surface area contributed by atoms with Gasteiger partial charge < -0.3 is 20.1 Å². The molecule has 0 aliphatic rings. The zero-order chi connectivity index (χ0) is 67.2. The average molecular weight is 1310 g/mol. The highest BCUT2D eigenvalue weighted by atomic mass is 31.2. The van der Waals surface area contributed by atoms with Gasteiger partial charge in [0.1, 0.15) is 6.61 Å². The van der Waals surface area contributed by atoms with E-state index >= 15 is 0 Å². The maximum atomic E-state index is 12.8. The molecule has 0 saturated heterocycles. The van der Waals surface area contributed by atoms with Crippen molar-refractivity contribution in [1.82, 2.24) is 0 Å². The number of esters is 2. The van der Waals surface area contributed by atoms with Crippen molar-refractivity contribution in [1.29, 1.82) is 0 Å². The lowest BCUT2D eigenvalue weighted by Gasteiger charge is -2.19. The van der Waals surface area contributed by atoms with Crippen molar-refractivity contribution in [3.63, 3.8) is 0 Å². The Kier molecular flexibility index (Phi) is 73.5. The van der Waals surface area contributed by atoms with Crippen LogP contribution < -0.4 is 5.73 Å². The maximum absolute atomic E-state index is 12.8. The van der Waals surface area contributed by atoms with Crippen molar-refractivity contribution >= 4 is 19.8 Å². The van der Waals surface area contributed by atoms with Gasteiger partial charge in [-0.05, 0) is 116 Å². The minimum Gasteiger partial charge on any atom is -0.462 e. The highest BCUT2D eigenvalue weighted by molar-refractivity contribution is 7.47. The molecule has 9 nitrogen and oxygen atoms in total. The number of nitrogens with two attached hydrogens (primary N) is 1. The standard InChI is InChI=1S/C83H142NO8P/c1-3-5-7-9-11-13-15-17-19-21-23-25-27-29-31-33-35-37-38-39-40-41-42-44-46-48-50-52-54-56-58-60-62-64-66-68-70-72-74-76-83(86)92-81(80-91-93(87,88)90-78-77-84)79-89-82(85)75-73-71-69-67-65-63-61-59-57-55-53-51-49-47-45-43-36-34-32-30-28-26-24-22-20-18-16-14-12-10-8-6-4-2/h5-8,11-14,17-20,23-26,29-32,35-37,43,81H,3-4,9-10,15-16,21-22,27-28,33-34,38-42,44-80,84H2,1-2H3,(H,87,88)/b7-5-,8-6-,13-11-,14-12-,19-17-,20-18-,25-23-,26-24-,31-29-,32-30-,37-35-,43-36-. The van der Waals surface area contributed by atoms with Gasteiger partial charge in [-0.15, -0.1) is 0 Å². The second-order valence-corrected chi connectivity index (χ2v) is 26.6. The third-order valence-electron chi connectivity index (χ3n) is 16.2. The molecule has 0 aromatic carbocycles. The van der Waals surface area contributed by atoms with Gasteiger partial charge in [0.2, 0.25) is 0 Å².